The average Bonchev–Trinajstić information content (AvgIpc) is 2.66. The largest absolute Gasteiger partial charge is 0.465 e. The SMILES string of the molecule is COC(=O)c1cc(C(=O)OC)c2cc1CCCc1cccc(c1)CCC2. The van der Waals surface area contributed by atoms with Crippen LogP contribution in [0, 0.1) is 0 Å². The number of benzene rings is 2. The summed E-state index contributed by atoms with van der Waals surface area (Å²) >= 11 is 0. The van der Waals surface area contributed by atoms with E-state index in [4.69, 9.17) is 9.47 Å². The van der Waals surface area contributed by atoms with E-state index in [0.29, 0.717) is 11.1 Å². The van der Waals surface area contributed by atoms with Gasteiger partial charge in [-0.15, -0.1) is 0 Å². The Morgan fingerprint density at radius 2 is 1.23 bits per heavy atom. The molecule has 0 aromatic heterocycles. The molecule has 1 aliphatic carbocycles. The Hall–Kier alpha value is -2.62. The molecule has 0 aliphatic heterocycles. The van der Waals surface area contributed by atoms with E-state index in [-0.39, 0.29) is 0 Å². The number of ether oxygens (including phenoxy) is 2. The van der Waals surface area contributed by atoms with Gasteiger partial charge in [0.05, 0.1) is 25.3 Å². The molecule has 4 heteroatoms. The number of hydrogen-bond donors (Lipinski definition) is 0. The van der Waals surface area contributed by atoms with Crippen LogP contribution >= 0.6 is 0 Å². The zero-order valence-electron chi connectivity index (χ0n) is 15.3. The Labute approximate surface area is 154 Å². The second-order valence-electron chi connectivity index (χ2n) is 6.68. The summed E-state index contributed by atoms with van der Waals surface area (Å²) in [5.41, 5.74) is 5.46. The Morgan fingerprint density at radius 1 is 0.731 bits per heavy atom. The molecular formula is C22H24O4. The Kier molecular flexibility index (Phi) is 5.71. The monoisotopic (exact) mass is 352 g/mol. The maximum Gasteiger partial charge on any atom is 0.338 e. The topological polar surface area (TPSA) is 52.6 Å². The first-order chi connectivity index (χ1) is 12.6. The van der Waals surface area contributed by atoms with E-state index >= 15 is 0 Å². The van der Waals surface area contributed by atoms with Crippen molar-refractivity contribution in [3.8, 4) is 0 Å². The molecule has 0 fully saturated rings. The zero-order valence-corrected chi connectivity index (χ0v) is 15.3. The third-order valence-electron chi connectivity index (χ3n) is 4.95. The number of methoxy groups -OCH3 is 2. The van der Waals surface area contributed by atoms with Crippen LogP contribution in [0.25, 0.3) is 0 Å². The second-order valence-corrected chi connectivity index (χ2v) is 6.68. The smallest absolute Gasteiger partial charge is 0.338 e. The Bertz CT molecular complexity index is 762. The molecular weight excluding hydrogens is 328 g/mol. The van der Waals surface area contributed by atoms with Gasteiger partial charge >= 0.3 is 11.9 Å². The van der Waals surface area contributed by atoms with Crippen molar-refractivity contribution in [1.82, 2.24) is 0 Å². The number of hydrogen-bond acceptors (Lipinski definition) is 4. The van der Waals surface area contributed by atoms with Crippen LogP contribution in [0.2, 0.25) is 0 Å². The summed E-state index contributed by atoms with van der Waals surface area (Å²) < 4.78 is 9.86. The van der Waals surface area contributed by atoms with E-state index in [2.05, 4.69) is 24.3 Å². The van der Waals surface area contributed by atoms with Crippen LogP contribution < -0.4 is 0 Å². The van der Waals surface area contributed by atoms with Gasteiger partial charge in [0.1, 0.15) is 0 Å². The Balaban J connectivity index is 2.02. The predicted octanol–water partition coefficient (Wildman–Crippen LogP) is 3.92. The van der Waals surface area contributed by atoms with Gasteiger partial charge in [-0.3, -0.25) is 0 Å². The molecule has 0 heterocycles. The molecule has 136 valence electrons. The third-order valence-corrected chi connectivity index (χ3v) is 4.95. The predicted molar refractivity (Wildman–Crippen MR) is 99.6 cm³/mol. The second kappa shape index (κ2) is 8.17. The van der Waals surface area contributed by atoms with E-state index in [1.165, 1.54) is 25.3 Å². The fourth-order valence-electron chi connectivity index (χ4n) is 3.62. The van der Waals surface area contributed by atoms with Gasteiger partial charge in [0, 0.05) is 0 Å². The molecule has 0 saturated heterocycles. The maximum absolute atomic E-state index is 12.2. The fourth-order valence-corrected chi connectivity index (χ4v) is 3.62. The van der Waals surface area contributed by atoms with Crippen molar-refractivity contribution in [2.24, 2.45) is 0 Å². The van der Waals surface area contributed by atoms with Crippen LogP contribution in [0.15, 0.2) is 36.4 Å². The van der Waals surface area contributed by atoms with E-state index in [9.17, 15) is 9.59 Å². The van der Waals surface area contributed by atoms with Gasteiger partial charge in [0.25, 0.3) is 0 Å². The van der Waals surface area contributed by atoms with Crippen molar-refractivity contribution >= 4 is 11.9 Å². The quantitative estimate of drug-likeness (QED) is 0.769. The molecule has 0 unspecified atom stereocenters. The highest BCUT2D eigenvalue weighted by atomic mass is 16.5. The first kappa shape index (κ1) is 18.2. The van der Waals surface area contributed by atoms with Crippen molar-refractivity contribution in [2.45, 2.75) is 38.5 Å². The maximum atomic E-state index is 12.2. The van der Waals surface area contributed by atoms with E-state index in [0.717, 1.165) is 49.7 Å². The van der Waals surface area contributed by atoms with Gasteiger partial charge in [-0.25, -0.2) is 9.59 Å². The zero-order chi connectivity index (χ0) is 18.5. The molecule has 4 nitrogen and oxygen atoms in total. The van der Waals surface area contributed by atoms with Crippen LogP contribution in [0.4, 0.5) is 0 Å². The molecule has 1 aliphatic rings. The molecule has 0 N–H and O–H groups in total. The minimum Gasteiger partial charge on any atom is -0.465 e. The summed E-state index contributed by atoms with van der Waals surface area (Å²) in [6.07, 6.45) is 5.33. The summed E-state index contributed by atoms with van der Waals surface area (Å²) in [6, 6.07) is 12.3. The van der Waals surface area contributed by atoms with Gasteiger partial charge < -0.3 is 9.47 Å². The van der Waals surface area contributed by atoms with Crippen molar-refractivity contribution < 1.29 is 19.1 Å². The fraction of sp³-hybridized carbons (Fsp3) is 0.364. The highest BCUT2D eigenvalue weighted by molar-refractivity contribution is 5.97. The lowest BCUT2D eigenvalue weighted by atomic mass is 9.90. The van der Waals surface area contributed by atoms with Crippen LogP contribution in [-0.4, -0.2) is 26.2 Å². The molecule has 26 heavy (non-hydrogen) atoms. The van der Waals surface area contributed by atoms with Crippen LogP contribution in [-0.2, 0) is 35.2 Å². The van der Waals surface area contributed by atoms with E-state index in [1.807, 2.05) is 6.07 Å². The molecule has 0 amide bonds. The molecule has 0 saturated carbocycles. The number of fused-ring (bicyclic) bond motifs is 4. The lowest BCUT2D eigenvalue weighted by molar-refractivity contribution is 0.0597. The third kappa shape index (κ3) is 3.96. The standard InChI is InChI=1S/C22H24O4/c1-25-21(23)19-14-20(22(24)26-2)18-11-5-9-16-7-3-6-15(12-16)8-4-10-17(19)13-18/h3,6-7,12-14H,4-5,8-11H2,1-2H3. The van der Waals surface area contributed by atoms with Gasteiger partial charge in [0.2, 0.25) is 0 Å². The molecule has 4 bridgehead atoms. The van der Waals surface area contributed by atoms with Crippen LogP contribution in [0.1, 0.15) is 55.8 Å². The van der Waals surface area contributed by atoms with E-state index in [1.54, 1.807) is 6.07 Å². The number of carbonyl (C=O) groups excluding carboxylic acids is 2. The first-order valence-electron chi connectivity index (χ1n) is 9.02. The number of esters is 2. The van der Waals surface area contributed by atoms with Crippen molar-refractivity contribution in [1.29, 1.82) is 0 Å². The number of carbonyl (C=O) groups is 2. The average molecular weight is 352 g/mol. The molecule has 0 atom stereocenters. The lowest BCUT2D eigenvalue weighted by Gasteiger charge is -2.16. The minimum absolute atomic E-state index is 0.411. The van der Waals surface area contributed by atoms with Crippen molar-refractivity contribution in [2.75, 3.05) is 14.2 Å². The summed E-state index contributed by atoms with van der Waals surface area (Å²) in [4.78, 5) is 24.5. The van der Waals surface area contributed by atoms with Gasteiger partial charge in [0.15, 0.2) is 0 Å². The van der Waals surface area contributed by atoms with Gasteiger partial charge in [-0.2, -0.15) is 0 Å². The highest BCUT2D eigenvalue weighted by Gasteiger charge is 2.20. The molecule has 0 radical (unpaired) electrons. The highest BCUT2D eigenvalue weighted by Crippen LogP contribution is 2.24. The van der Waals surface area contributed by atoms with E-state index < -0.39 is 11.9 Å². The molecule has 2 aromatic rings. The molecule has 2 aromatic carbocycles. The summed E-state index contributed by atoms with van der Waals surface area (Å²) in [6.45, 7) is 0. The van der Waals surface area contributed by atoms with Gasteiger partial charge in [-0.1, -0.05) is 30.3 Å². The Morgan fingerprint density at radius 3 is 1.69 bits per heavy atom. The number of rotatable bonds is 2. The van der Waals surface area contributed by atoms with Crippen molar-refractivity contribution in [3.05, 3.63) is 69.8 Å². The van der Waals surface area contributed by atoms with Crippen LogP contribution in [0.3, 0.4) is 0 Å². The van der Waals surface area contributed by atoms with Gasteiger partial charge in [-0.05, 0) is 66.8 Å². The number of aryl methyl sites for hydroxylation is 4. The molecule has 3 rings (SSSR count). The molecule has 0 spiro atoms. The van der Waals surface area contributed by atoms with Crippen LogP contribution in [0.5, 0.6) is 0 Å². The summed E-state index contributed by atoms with van der Waals surface area (Å²) in [7, 11) is 2.73. The summed E-state index contributed by atoms with van der Waals surface area (Å²) in [5.74, 6) is -0.823. The normalized spacial score (nSPS) is 13.9. The summed E-state index contributed by atoms with van der Waals surface area (Å²) in [5, 5.41) is 0. The lowest BCUT2D eigenvalue weighted by Crippen LogP contribution is -2.13. The minimum atomic E-state index is -0.411. The first-order valence-corrected chi connectivity index (χ1v) is 9.02. The van der Waals surface area contributed by atoms with Crippen molar-refractivity contribution in [3.63, 3.8) is 0 Å².